The van der Waals surface area contributed by atoms with E-state index in [4.69, 9.17) is 5.73 Å². The molecule has 2 amide bonds. The summed E-state index contributed by atoms with van der Waals surface area (Å²) >= 11 is 0. The number of hydrogen-bond acceptors (Lipinski definition) is 2. The van der Waals surface area contributed by atoms with E-state index >= 15 is 0 Å². The van der Waals surface area contributed by atoms with E-state index in [1.165, 1.54) is 5.56 Å². The van der Waals surface area contributed by atoms with Crippen LogP contribution in [0.4, 0.5) is 4.79 Å². The van der Waals surface area contributed by atoms with Crippen LogP contribution >= 0.6 is 0 Å². The molecule has 1 atom stereocenters. The fourth-order valence-electron chi connectivity index (χ4n) is 2.01. The molecular formula is C12H17N3O. The molecule has 4 nitrogen and oxygen atoms in total. The van der Waals surface area contributed by atoms with Crippen molar-refractivity contribution in [1.82, 2.24) is 10.2 Å². The maximum atomic E-state index is 11.6. The van der Waals surface area contributed by atoms with Gasteiger partial charge >= 0.3 is 6.03 Å². The summed E-state index contributed by atoms with van der Waals surface area (Å²) in [6, 6.07) is 8.30. The smallest absolute Gasteiger partial charge is 0.318 e. The SMILES string of the molecule is Cc1cccc(C2CN(CCN)C(=O)N2)c1. The van der Waals surface area contributed by atoms with Crippen molar-refractivity contribution in [2.75, 3.05) is 19.6 Å². The zero-order valence-corrected chi connectivity index (χ0v) is 9.44. The Morgan fingerprint density at radius 1 is 1.56 bits per heavy atom. The molecule has 1 unspecified atom stereocenters. The van der Waals surface area contributed by atoms with Gasteiger partial charge in [0.25, 0.3) is 0 Å². The number of hydrogen-bond donors (Lipinski definition) is 2. The zero-order valence-electron chi connectivity index (χ0n) is 9.44. The van der Waals surface area contributed by atoms with Gasteiger partial charge in [-0.3, -0.25) is 0 Å². The number of nitrogens with two attached hydrogens (primary N) is 1. The number of carbonyl (C=O) groups is 1. The van der Waals surface area contributed by atoms with Gasteiger partial charge in [0.2, 0.25) is 0 Å². The van der Waals surface area contributed by atoms with E-state index in [9.17, 15) is 4.79 Å². The van der Waals surface area contributed by atoms with Crippen molar-refractivity contribution in [3.05, 3.63) is 35.4 Å². The average molecular weight is 219 g/mol. The lowest BCUT2D eigenvalue weighted by Gasteiger charge is -2.13. The van der Waals surface area contributed by atoms with Gasteiger partial charge in [-0.1, -0.05) is 29.8 Å². The minimum Gasteiger partial charge on any atom is -0.329 e. The van der Waals surface area contributed by atoms with Crippen LogP contribution in [0.5, 0.6) is 0 Å². The lowest BCUT2D eigenvalue weighted by atomic mass is 10.1. The molecule has 16 heavy (non-hydrogen) atoms. The normalized spacial score (nSPS) is 20.0. The molecule has 0 aliphatic carbocycles. The highest BCUT2D eigenvalue weighted by Gasteiger charge is 2.28. The van der Waals surface area contributed by atoms with E-state index in [-0.39, 0.29) is 12.1 Å². The third-order valence-electron chi connectivity index (χ3n) is 2.83. The molecule has 0 bridgehead atoms. The standard InChI is InChI=1S/C12H17N3O/c1-9-3-2-4-10(7-9)11-8-15(6-5-13)12(16)14-11/h2-4,7,11H,5-6,8,13H2,1H3,(H,14,16). The Morgan fingerprint density at radius 2 is 2.38 bits per heavy atom. The molecule has 0 saturated carbocycles. The number of nitrogens with one attached hydrogen (secondary N) is 1. The molecule has 1 saturated heterocycles. The van der Waals surface area contributed by atoms with Crippen LogP contribution in [0.1, 0.15) is 17.2 Å². The summed E-state index contributed by atoms with van der Waals surface area (Å²) in [7, 11) is 0. The number of carbonyl (C=O) groups excluding carboxylic acids is 1. The summed E-state index contributed by atoms with van der Waals surface area (Å²) in [5, 5.41) is 2.96. The first kappa shape index (κ1) is 11.0. The van der Waals surface area contributed by atoms with Crippen LogP contribution in [-0.2, 0) is 0 Å². The second-order valence-corrected chi connectivity index (χ2v) is 4.15. The van der Waals surface area contributed by atoms with Gasteiger partial charge in [0.1, 0.15) is 0 Å². The highest BCUT2D eigenvalue weighted by atomic mass is 16.2. The fraction of sp³-hybridized carbons (Fsp3) is 0.417. The molecular weight excluding hydrogens is 202 g/mol. The molecule has 4 heteroatoms. The van der Waals surface area contributed by atoms with E-state index in [0.717, 1.165) is 5.56 Å². The molecule has 1 aromatic carbocycles. The van der Waals surface area contributed by atoms with Crippen molar-refractivity contribution in [2.24, 2.45) is 5.73 Å². The van der Waals surface area contributed by atoms with Crippen LogP contribution in [0.3, 0.4) is 0 Å². The predicted octanol–water partition coefficient (Wildman–Crippen LogP) is 1.02. The minimum absolute atomic E-state index is 0.0167. The molecule has 0 aromatic heterocycles. The topological polar surface area (TPSA) is 58.4 Å². The molecule has 0 spiro atoms. The summed E-state index contributed by atoms with van der Waals surface area (Å²) in [5.74, 6) is 0. The molecule has 1 aromatic rings. The van der Waals surface area contributed by atoms with Crippen LogP contribution in [0.25, 0.3) is 0 Å². The van der Waals surface area contributed by atoms with Crippen molar-refractivity contribution >= 4 is 6.03 Å². The molecule has 2 rings (SSSR count). The van der Waals surface area contributed by atoms with Crippen molar-refractivity contribution < 1.29 is 4.79 Å². The summed E-state index contributed by atoms with van der Waals surface area (Å²) in [4.78, 5) is 13.3. The summed E-state index contributed by atoms with van der Waals surface area (Å²) < 4.78 is 0. The number of nitrogens with zero attached hydrogens (tertiary/aromatic N) is 1. The molecule has 0 radical (unpaired) electrons. The van der Waals surface area contributed by atoms with Crippen LogP contribution in [0.2, 0.25) is 0 Å². The fourth-order valence-corrected chi connectivity index (χ4v) is 2.01. The Hall–Kier alpha value is -1.55. The second-order valence-electron chi connectivity index (χ2n) is 4.15. The van der Waals surface area contributed by atoms with Crippen molar-refractivity contribution in [3.63, 3.8) is 0 Å². The first-order valence-electron chi connectivity index (χ1n) is 5.53. The second kappa shape index (κ2) is 4.53. The van der Waals surface area contributed by atoms with Gasteiger partial charge in [-0.2, -0.15) is 0 Å². The Balaban J connectivity index is 2.10. The van der Waals surface area contributed by atoms with E-state index < -0.39 is 0 Å². The van der Waals surface area contributed by atoms with Crippen LogP contribution in [0.15, 0.2) is 24.3 Å². The van der Waals surface area contributed by atoms with Gasteiger partial charge < -0.3 is 16.0 Å². The molecule has 1 fully saturated rings. The van der Waals surface area contributed by atoms with Gasteiger partial charge in [0.15, 0.2) is 0 Å². The Labute approximate surface area is 95.4 Å². The minimum atomic E-state index is -0.0167. The summed E-state index contributed by atoms with van der Waals surface area (Å²) in [6.07, 6.45) is 0. The quantitative estimate of drug-likeness (QED) is 0.797. The van der Waals surface area contributed by atoms with E-state index in [2.05, 4.69) is 24.4 Å². The van der Waals surface area contributed by atoms with Crippen LogP contribution < -0.4 is 11.1 Å². The first-order chi connectivity index (χ1) is 7.70. The highest BCUT2D eigenvalue weighted by Crippen LogP contribution is 2.20. The van der Waals surface area contributed by atoms with E-state index in [1.807, 2.05) is 12.1 Å². The number of rotatable bonds is 3. The van der Waals surface area contributed by atoms with Gasteiger partial charge in [-0.15, -0.1) is 0 Å². The van der Waals surface area contributed by atoms with Gasteiger partial charge in [0.05, 0.1) is 6.04 Å². The summed E-state index contributed by atoms with van der Waals surface area (Å²) in [6.45, 7) is 3.89. The third-order valence-corrected chi connectivity index (χ3v) is 2.83. The molecule has 1 heterocycles. The molecule has 86 valence electrons. The van der Waals surface area contributed by atoms with E-state index in [0.29, 0.717) is 19.6 Å². The van der Waals surface area contributed by atoms with Crippen LogP contribution in [0, 0.1) is 6.92 Å². The number of urea groups is 1. The van der Waals surface area contributed by atoms with Crippen molar-refractivity contribution in [1.29, 1.82) is 0 Å². The van der Waals surface area contributed by atoms with Gasteiger partial charge in [-0.25, -0.2) is 4.79 Å². The van der Waals surface area contributed by atoms with Gasteiger partial charge in [-0.05, 0) is 12.5 Å². The maximum absolute atomic E-state index is 11.6. The Morgan fingerprint density at radius 3 is 3.06 bits per heavy atom. The Bertz CT molecular complexity index is 392. The highest BCUT2D eigenvalue weighted by molar-refractivity contribution is 5.77. The number of benzene rings is 1. The van der Waals surface area contributed by atoms with Crippen molar-refractivity contribution in [2.45, 2.75) is 13.0 Å². The predicted molar refractivity (Wildman–Crippen MR) is 63.1 cm³/mol. The number of amides is 2. The lowest BCUT2D eigenvalue weighted by molar-refractivity contribution is 0.218. The molecule has 1 aliphatic heterocycles. The summed E-state index contributed by atoms with van der Waals surface area (Å²) in [5.41, 5.74) is 7.83. The number of aryl methyl sites for hydroxylation is 1. The third kappa shape index (κ3) is 2.17. The zero-order chi connectivity index (χ0) is 11.5. The monoisotopic (exact) mass is 219 g/mol. The molecule has 3 N–H and O–H groups in total. The first-order valence-corrected chi connectivity index (χ1v) is 5.53. The Kier molecular flexibility index (Phi) is 3.10. The maximum Gasteiger partial charge on any atom is 0.318 e. The van der Waals surface area contributed by atoms with E-state index in [1.54, 1.807) is 4.90 Å². The van der Waals surface area contributed by atoms with Gasteiger partial charge in [0, 0.05) is 19.6 Å². The van der Waals surface area contributed by atoms with Crippen molar-refractivity contribution in [3.8, 4) is 0 Å². The van der Waals surface area contributed by atoms with Crippen LogP contribution in [-0.4, -0.2) is 30.6 Å². The average Bonchev–Trinajstić information content (AvgIpc) is 2.61. The largest absolute Gasteiger partial charge is 0.329 e. The lowest BCUT2D eigenvalue weighted by Crippen LogP contribution is -2.32. The molecule has 1 aliphatic rings.